The number of hydrogen-bond acceptors (Lipinski definition) is 3. The van der Waals surface area contributed by atoms with Crippen LogP contribution in [0.5, 0.6) is 0 Å². The minimum atomic E-state index is -0.659. The first-order valence-electron chi connectivity index (χ1n) is 35.2. The van der Waals surface area contributed by atoms with Gasteiger partial charge in [0.1, 0.15) is 0 Å². The molecule has 4 heteroatoms. The molecular weight excluding hydrogens is 927 g/mol. The fourth-order valence-electron chi connectivity index (χ4n) is 11.3. The van der Waals surface area contributed by atoms with Crippen molar-refractivity contribution in [1.82, 2.24) is 5.32 Å². The van der Waals surface area contributed by atoms with Gasteiger partial charge in [-0.3, -0.25) is 4.79 Å². The molecular formula is C72H139NO3. The van der Waals surface area contributed by atoms with Crippen molar-refractivity contribution in [3.63, 3.8) is 0 Å². The van der Waals surface area contributed by atoms with Crippen LogP contribution in [0.4, 0.5) is 0 Å². The molecule has 0 rings (SSSR count). The molecule has 0 radical (unpaired) electrons. The van der Waals surface area contributed by atoms with Gasteiger partial charge in [0.2, 0.25) is 5.91 Å². The number of aliphatic hydroxyl groups is 2. The molecule has 0 aromatic heterocycles. The fraction of sp³-hybridized carbons (Fsp3) is 0.903. The van der Waals surface area contributed by atoms with Gasteiger partial charge < -0.3 is 15.5 Å². The summed E-state index contributed by atoms with van der Waals surface area (Å²) in [5.74, 6) is -0.0224. The van der Waals surface area contributed by atoms with E-state index >= 15 is 0 Å². The molecule has 0 fully saturated rings. The van der Waals surface area contributed by atoms with E-state index in [4.69, 9.17) is 0 Å². The van der Waals surface area contributed by atoms with E-state index in [0.717, 1.165) is 38.5 Å². The highest BCUT2D eigenvalue weighted by Gasteiger charge is 2.20. The molecule has 450 valence electrons. The molecule has 2 atom stereocenters. The van der Waals surface area contributed by atoms with E-state index in [1.165, 1.54) is 334 Å². The van der Waals surface area contributed by atoms with Crippen LogP contribution in [0.25, 0.3) is 0 Å². The average Bonchev–Trinajstić information content (AvgIpc) is 3.42. The van der Waals surface area contributed by atoms with Gasteiger partial charge in [-0.25, -0.2) is 0 Å². The van der Waals surface area contributed by atoms with Gasteiger partial charge in [0.25, 0.3) is 0 Å². The first-order valence-corrected chi connectivity index (χ1v) is 35.2. The number of carbonyl (C=O) groups excluding carboxylic acids is 1. The van der Waals surface area contributed by atoms with Crippen molar-refractivity contribution in [2.75, 3.05) is 6.61 Å². The summed E-state index contributed by atoms with van der Waals surface area (Å²) in [6, 6.07) is -0.536. The predicted molar refractivity (Wildman–Crippen MR) is 341 cm³/mol. The lowest BCUT2D eigenvalue weighted by molar-refractivity contribution is -0.123. The highest BCUT2D eigenvalue weighted by Crippen LogP contribution is 2.19. The number of rotatable bonds is 66. The minimum Gasteiger partial charge on any atom is -0.394 e. The molecule has 0 aliphatic heterocycles. The molecule has 1 amide bonds. The predicted octanol–water partition coefficient (Wildman–Crippen LogP) is 23.9. The Morgan fingerprint density at radius 1 is 0.316 bits per heavy atom. The van der Waals surface area contributed by atoms with Gasteiger partial charge in [0, 0.05) is 6.42 Å². The standard InChI is InChI=1S/C72H139NO3/c1-3-5-7-9-11-13-15-17-19-21-23-25-27-29-31-32-33-34-35-36-37-38-39-40-42-44-46-48-50-52-54-56-58-60-62-64-66-68-72(76)73-70(69-74)71(75)67-65-63-61-59-57-55-53-51-49-47-45-43-41-30-28-26-24-22-20-18-16-14-12-10-8-6-4-2/h15,17,21,23,27,29,70-71,74-75H,3-14,16,18-20,22,24-26,28,30-69H2,1-2H3,(H,73,76)/b17-15-,23-21-,29-27-. The van der Waals surface area contributed by atoms with Gasteiger partial charge >= 0.3 is 0 Å². The molecule has 76 heavy (non-hydrogen) atoms. The second-order valence-corrected chi connectivity index (χ2v) is 24.3. The smallest absolute Gasteiger partial charge is 0.220 e. The van der Waals surface area contributed by atoms with Crippen LogP contribution < -0.4 is 5.32 Å². The van der Waals surface area contributed by atoms with Crippen LogP contribution in [-0.2, 0) is 4.79 Å². The third kappa shape index (κ3) is 63.4. The summed E-state index contributed by atoms with van der Waals surface area (Å²) in [7, 11) is 0. The Balaban J connectivity index is 3.38. The van der Waals surface area contributed by atoms with Crippen LogP contribution in [0.1, 0.15) is 399 Å². The number of hydrogen-bond donors (Lipinski definition) is 3. The molecule has 0 saturated heterocycles. The first kappa shape index (κ1) is 74.6. The Hall–Kier alpha value is -1.39. The van der Waals surface area contributed by atoms with Crippen molar-refractivity contribution in [2.24, 2.45) is 0 Å². The van der Waals surface area contributed by atoms with Gasteiger partial charge in [0.05, 0.1) is 18.8 Å². The van der Waals surface area contributed by atoms with Crippen LogP contribution in [-0.4, -0.2) is 34.9 Å². The van der Waals surface area contributed by atoms with E-state index in [0.29, 0.717) is 12.8 Å². The summed E-state index contributed by atoms with van der Waals surface area (Å²) in [4.78, 5) is 12.6. The summed E-state index contributed by atoms with van der Waals surface area (Å²) in [6.45, 7) is 4.39. The molecule has 0 heterocycles. The summed E-state index contributed by atoms with van der Waals surface area (Å²) >= 11 is 0. The summed E-state index contributed by atoms with van der Waals surface area (Å²) in [5.41, 5.74) is 0. The molecule has 0 aliphatic carbocycles. The SMILES string of the molecule is CCCCCCC/C=C\C/C=C\C/C=C\CCCCCCCCCCCCCCCCCCCCCCCCC(=O)NC(CO)C(O)CCCCCCCCCCCCCCCCCCCCCCCCCCCCC. The van der Waals surface area contributed by atoms with Gasteiger partial charge in [0.15, 0.2) is 0 Å². The minimum absolute atomic E-state index is 0.0224. The lowest BCUT2D eigenvalue weighted by Gasteiger charge is -2.22. The quantitative estimate of drug-likeness (QED) is 0.0420. The van der Waals surface area contributed by atoms with E-state index in [2.05, 4.69) is 55.6 Å². The highest BCUT2D eigenvalue weighted by atomic mass is 16.3. The zero-order chi connectivity index (χ0) is 54.8. The topological polar surface area (TPSA) is 69.6 Å². The fourth-order valence-corrected chi connectivity index (χ4v) is 11.3. The highest BCUT2D eigenvalue weighted by molar-refractivity contribution is 5.76. The van der Waals surface area contributed by atoms with E-state index in [1.807, 2.05) is 0 Å². The molecule has 4 nitrogen and oxygen atoms in total. The van der Waals surface area contributed by atoms with Gasteiger partial charge in [-0.15, -0.1) is 0 Å². The van der Waals surface area contributed by atoms with Crippen molar-refractivity contribution in [3.05, 3.63) is 36.5 Å². The van der Waals surface area contributed by atoms with Gasteiger partial charge in [-0.2, -0.15) is 0 Å². The summed E-state index contributed by atoms with van der Waals surface area (Å²) in [6.07, 6.45) is 93.5. The maximum Gasteiger partial charge on any atom is 0.220 e. The number of carbonyl (C=O) groups is 1. The maximum atomic E-state index is 12.6. The van der Waals surface area contributed by atoms with E-state index in [9.17, 15) is 15.0 Å². The second kappa shape index (κ2) is 67.9. The van der Waals surface area contributed by atoms with Crippen molar-refractivity contribution in [1.29, 1.82) is 0 Å². The number of amides is 1. The lowest BCUT2D eigenvalue weighted by Crippen LogP contribution is -2.45. The number of unbranched alkanes of at least 4 members (excludes halogenated alkanes) is 53. The van der Waals surface area contributed by atoms with Crippen molar-refractivity contribution >= 4 is 5.91 Å². The Bertz CT molecular complexity index is 1160. The number of aliphatic hydroxyl groups excluding tert-OH is 2. The zero-order valence-corrected chi connectivity index (χ0v) is 52.1. The van der Waals surface area contributed by atoms with Crippen LogP contribution >= 0.6 is 0 Å². The van der Waals surface area contributed by atoms with Crippen molar-refractivity contribution in [2.45, 2.75) is 411 Å². The molecule has 0 spiro atoms. The van der Waals surface area contributed by atoms with Crippen LogP contribution in [0, 0.1) is 0 Å². The summed E-state index contributed by atoms with van der Waals surface area (Å²) < 4.78 is 0. The Kier molecular flexibility index (Phi) is 66.6. The third-order valence-electron chi connectivity index (χ3n) is 16.7. The monoisotopic (exact) mass is 1070 g/mol. The maximum absolute atomic E-state index is 12.6. The Morgan fingerprint density at radius 2 is 0.539 bits per heavy atom. The normalized spacial score (nSPS) is 12.8. The van der Waals surface area contributed by atoms with Crippen molar-refractivity contribution in [3.8, 4) is 0 Å². The third-order valence-corrected chi connectivity index (χ3v) is 16.7. The molecule has 0 aliphatic rings. The van der Waals surface area contributed by atoms with E-state index in [-0.39, 0.29) is 12.5 Å². The molecule has 0 aromatic rings. The largest absolute Gasteiger partial charge is 0.394 e. The summed E-state index contributed by atoms with van der Waals surface area (Å²) in [5, 5.41) is 23.5. The first-order chi connectivity index (χ1) is 37.7. The zero-order valence-electron chi connectivity index (χ0n) is 52.1. The number of allylic oxidation sites excluding steroid dienone is 6. The molecule has 3 N–H and O–H groups in total. The lowest BCUT2D eigenvalue weighted by atomic mass is 10.0. The average molecular weight is 1070 g/mol. The van der Waals surface area contributed by atoms with E-state index < -0.39 is 12.1 Å². The molecule has 2 unspecified atom stereocenters. The van der Waals surface area contributed by atoms with Gasteiger partial charge in [-0.1, -0.05) is 378 Å². The van der Waals surface area contributed by atoms with Crippen LogP contribution in [0.2, 0.25) is 0 Å². The Morgan fingerprint density at radius 3 is 0.803 bits per heavy atom. The molecule has 0 saturated carbocycles. The molecule has 0 aromatic carbocycles. The second-order valence-electron chi connectivity index (χ2n) is 24.3. The van der Waals surface area contributed by atoms with Crippen LogP contribution in [0.15, 0.2) is 36.5 Å². The Labute approximate surface area is 478 Å². The van der Waals surface area contributed by atoms with Crippen molar-refractivity contribution < 1.29 is 15.0 Å². The van der Waals surface area contributed by atoms with Crippen LogP contribution in [0.3, 0.4) is 0 Å². The molecule has 0 bridgehead atoms. The van der Waals surface area contributed by atoms with Gasteiger partial charge in [-0.05, 0) is 51.4 Å². The number of nitrogens with one attached hydrogen (secondary N) is 1. The van der Waals surface area contributed by atoms with E-state index in [1.54, 1.807) is 0 Å².